The van der Waals surface area contributed by atoms with E-state index in [-0.39, 0.29) is 6.10 Å². The van der Waals surface area contributed by atoms with Gasteiger partial charge in [-0.2, -0.15) is 0 Å². The largest absolute Gasteiger partial charge is 0.485 e. The molecule has 0 saturated heterocycles. The lowest BCUT2D eigenvalue weighted by molar-refractivity contribution is 0.211. The quantitative estimate of drug-likeness (QED) is 0.438. The maximum absolute atomic E-state index is 6.60. The molecule has 30 heavy (non-hydrogen) atoms. The molecular formula is C28H33ClO. The molecule has 5 unspecified atom stereocenters. The van der Waals surface area contributed by atoms with Crippen molar-refractivity contribution in [3.63, 3.8) is 0 Å². The van der Waals surface area contributed by atoms with Gasteiger partial charge in [0.25, 0.3) is 0 Å². The van der Waals surface area contributed by atoms with Gasteiger partial charge in [-0.1, -0.05) is 54.0 Å². The van der Waals surface area contributed by atoms with Crippen LogP contribution in [0.25, 0.3) is 0 Å². The summed E-state index contributed by atoms with van der Waals surface area (Å²) in [5.41, 5.74) is 6.34. The highest BCUT2D eigenvalue weighted by atomic mass is 35.5. The number of hydrogen-bond acceptors (Lipinski definition) is 1. The molecule has 0 spiro atoms. The summed E-state index contributed by atoms with van der Waals surface area (Å²) in [4.78, 5) is 0. The summed E-state index contributed by atoms with van der Waals surface area (Å²) in [7, 11) is 0. The molecule has 158 valence electrons. The second kappa shape index (κ2) is 7.90. The Balaban J connectivity index is 1.24. The smallest absolute Gasteiger partial charge is 0.127 e. The summed E-state index contributed by atoms with van der Waals surface area (Å²) in [6, 6.07) is 7.18. The molecule has 0 amide bonds. The molecule has 6 rings (SSSR count). The molecule has 5 aliphatic rings. The minimum Gasteiger partial charge on any atom is -0.485 e. The molecule has 1 nitrogen and oxygen atoms in total. The molecule has 1 aromatic carbocycles. The maximum atomic E-state index is 6.60. The summed E-state index contributed by atoms with van der Waals surface area (Å²) in [6.07, 6.45) is 21.4. The van der Waals surface area contributed by atoms with Crippen LogP contribution < -0.4 is 4.74 Å². The Morgan fingerprint density at radius 3 is 2.77 bits per heavy atom. The summed E-state index contributed by atoms with van der Waals surface area (Å²) in [5, 5.41) is 1.04. The Hall–Kier alpha value is -1.47. The van der Waals surface area contributed by atoms with E-state index in [2.05, 4.69) is 36.4 Å². The highest BCUT2D eigenvalue weighted by molar-refractivity contribution is 6.29. The minimum absolute atomic E-state index is 0.243. The molecule has 0 bridgehead atoms. The molecular weight excluding hydrogens is 388 g/mol. The highest BCUT2D eigenvalue weighted by Gasteiger charge is 2.41. The van der Waals surface area contributed by atoms with E-state index in [1.165, 1.54) is 68.9 Å². The standard InChI is InChI=1S/C28H33ClO/c29-23-8-3-7-22(16-23)24-9-4-10-25-26-17-21(13-14-27(26)30-28(24)25)20-12-11-18-5-1-2-6-19(18)15-20/h8-9,11,13-14,17,19-20,22,25,28H,1-7,10,12,15-16H2. The van der Waals surface area contributed by atoms with E-state index < -0.39 is 0 Å². The number of halogens is 1. The van der Waals surface area contributed by atoms with E-state index >= 15 is 0 Å². The molecule has 0 radical (unpaired) electrons. The van der Waals surface area contributed by atoms with E-state index in [9.17, 15) is 0 Å². The van der Waals surface area contributed by atoms with Gasteiger partial charge >= 0.3 is 0 Å². The highest BCUT2D eigenvalue weighted by Crippen LogP contribution is 2.51. The van der Waals surface area contributed by atoms with Crippen LogP contribution in [0.4, 0.5) is 0 Å². The van der Waals surface area contributed by atoms with E-state index in [1.54, 1.807) is 11.1 Å². The predicted molar refractivity (Wildman–Crippen MR) is 124 cm³/mol. The van der Waals surface area contributed by atoms with E-state index in [4.69, 9.17) is 16.3 Å². The zero-order chi connectivity index (χ0) is 20.1. The van der Waals surface area contributed by atoms with Gasteiger partial charge in [0.1, 0.15) is 11.9 Å². The van der Waals surface area contributed by atoms with Gasteiger partial charge in [0.05, 0.1) is 0 Å². The van der Waals surface area contributed by atoms with Crippen LogP contribution in [0.2, 0.25) is 0 Å². The Labute approximate surface area is 186 Å². The first kappa shape index (κ1) is 19.2. The fourth-order valence-electron chi connectivity index (χ4n) is 6.95. The van der Waals surface area contributed by atoms with Crippen LogP contribution in [-0.2, 0) is 0 Å². The third-order valence-corrected chi connectivity index (χ3v) is 8.84. The summed E-state index contributed by atoms with van der Waals surface area (Å²) in [6.45, 7) is 0. The number of rotatable bonds is 2. The van der Waals surface area contributed by atoms with Crippen molar-refractivity contribution in [3.8, 4) is 5.75 Å². The lowest BCUT2D eigenvalue weighted by Crippen LogP contribution is -2.29. The van der Waals surface area contributed by atoms with E-state index in [0.717, 1.165) is 29.5 Å². The summed E-state index contributed by atoms with van der Waals surface area (Å²) in [5.74, 6) is 3.79. The van der Waals surface area contributed by atoms with Gasteiger partial charge in [-0.3, -0.25) is 0 Å². The summed E-state index contributed by atoms with van der Waals surface area (Å²) >= 11 is 6.41. The molecule has 0 N–H and O–H groups in total. The first-order valence-electron chi connectivity index (χ1n) is 12.3. The van der Waals surface area contributed by atoms with Crippen LogP contribution in [0.3, 0.4) is 0 Å². The van der Waals surface area contributed by atoms with Gasteiger partial charge in [-0.15, -0.1) is 0 Å². The number of allylic oxidation sites excluding steroid dienone is 5. The SMILES string of the molecule is ClC1=CCCC(C2=CCCC3c4cc(C5CC=C6CCCCC6C5)ccc4OC23)C1. The van der Waals surface area contributed by atoms with Crippen molar-refractivity contribution in [2.75, 3.05) is 0 Å². The van der Waals surface area contributed by atoms with Crippen LogP contribution in [0.15, 0.2) is 52.6 Å². The molecule has 1 aromatic rings. The van der Waals surface area contributed by atoms with Crippen LogP contribution in [0, 0.1) is 11.8 Å². The summed E-state index contributed by atoms with van der Waals surface area (Å²) < 4.78 is 6.60. The van der Waals surface area contributed by atoms with Crippen molar-refractivity contribution in [1.29, 1.82) is 0 Å². The van der Waals surface area contributed by atoms with Crippen molar-refractivity contribution < 1.29 is 4.74 Å². The second-order valence-corrected chi connectivity index (χ2v) is 10.7. The first-order valence-corrected chi connectivity index (χ1v) is 12.7. The average molecular weight is 421 g/mol. The van der Waals surface area contributed by atoms with Gasteiger partial charge < -0.3 is 4.74 Å². The molecule has 2 heteroatoms. The maximum Gasteiger partial charge on any atom is 0.127 e. The fourth-order valence-corrected chi connectivity index (χ4v) is 7.25. The van der Waals surface area contributed by atoms with Crippen LogP contribution >= 0.6 is 11.6 Å². The number of hydrogen-bond donors (Lipinski definition) is 0. The number of ether oxygens (including phenoxy) is 1. The zero-order valence-corrected chi connectivity index (χ0v) is 18.7. The van der Waals surface area contributed by atoms with Crippen LogP contribution in [-0.4, -0.2) is 6.10 Å². The Kier molecular flexibility index (Phi) is 5.06. The van der Waals surface area contributed by atoms with Gasteiger partial charge in [0.15, 0.2) is 0 Å². The van der Waals surface area contributed by atoms with Crippen molar-refractivity contribution in [3.05, 3.63) is 63.7 Å². The predicted octanol–water partition coefficient (Wildman–Crippen LogP) is 8.17. The fraction of sp³-hybridized carbons (Fsp3) is 0.571. The van der Waals surface area contributed by atoms with E-state index in [1.807, 2.05) is 0 Å². The Bertz CT molecular complexity index is 923. The molecule has 5 atom stereocenters. The van der Waals surface area contributed by atoms with E-state index in [0.29, 0.717) is 17.8 Å². The molecule has 1 saturated carbocycles. The lowest BCUT2D eigenvalue weighted by Gasteiger charge is -2.34. The average Bonchev–Trinajstić information content (AvgIpc) is 3.17. The van der Waals surface area contributed by atoms with Gasteiger partial charge in [0, 0.05) is 16.5 Å². The first-order chi connectivity index (χ1) is 14.8. The second-order valence-electron chi connectivity index (χ2n) is 10.2. The molecule has 0 aromatic heterocycles. The normalized spacial score (nSPS) is 35.2. The van der Waals surface area contributed by atoms with Crippen LogP contribution in [0.1, 0.15) is 93.6 Å². The van der Waals surface area contributed by atoms with Gasteiger partial charge in [-0.25, -0.2) is 0 Å². The monoisotopic (exact) mass is 420 g/mol. The molecule has 1 aliphatic heterocycles. The zero-order valence-electron chi connectivity index (χ0n) is 17.9. The third kappa shape index (κ3) is 3.38. The lowest BCUT2D eigenvalue weighted by atomic mass is 9.71. The van der Waals surface area contributed by atoms with Crippen molar-refractivity contribution >= 4 is 11.6 Å². The molecule has 1 fully saturated rings. The Morgan fingerprint density at radius 2 is 1.83 bits per heavy atom. The molecule has 4 aliphatic carbocycles. The van der Waals surface area contributed by atoms with Crippen molar-refractivity contribution in [2.45, 2.75) is 88.6 Å². The van der Waals surface area contributed by atoms with Gasteiger partial charge in [0.2, 0.25) is 0 Å². The van der Waals surface area contributed by atoms with Crippen molar-refractivity contribution in [1.82, 2.24) is 0 Å². The third-order valence-electron chi connectivity index (χ3n) is 8.53. The Morgan fingerprint density at radius 1 is 0.900 bits per heavy atom. The van der Waals surface area contributed by atoms with Crippen LogP contribution in [0.5, 0.6) is 5.75 Å². The number of fused-ring (bicyclic) bond motifs is 4. The van der Waals surface area contributed by atoms with Crippen molar-refractivity contribution in [2.24, 2.45) is 11.8 Å². The topological polar surface area (TPSA) is 9.23 Å². The molecule has 1 heterocycles. The minimum atomic E-state index is 0.243. The number of benzene rings is 1. The van der Waals surface area contributed by atoms with Gasteiger partial charge in [-0.05, 0) is 99.2 Å².